The van der Waals surface area contributed by atoms with Crippen LogP contribution < -0.4 is 9.64 Å². The lowest BCUT2D eigenvalue weighted by atomic mass is 9.63. The van der Waals surface area contributed by atoms with Crippen LogP contribution in [0.5, 0.6) is 11.5 Å². The van der Waals surface area contributed by atoms with E-state index in [0.29, 0.717) is 0 Å². The van der Waals surface area contributed by atoms with Crippen LogP contribution in [0.2, 0.25) is 0 Å². The van der Waals surface area contributed by atoms with Gasteiger partial charge in [0.15, 0.2) is 0 Å². The van der Waals surface area contributed by atoms with Crippen LogP contribution in [0.1, 0.15) is 65.1 Å². The number of anilines is 3. The minimum Gasteiger partial charge on any atom is -0.456 e. The second-order valence-corrected chi connectivity index (χ2v) is 21.4. The number of nitrogens with zero attached hydrogens (tertiary/aromatic N) is 1. The summed E-state index contributed by atoms with van der Waals surface area (Å²) in [4.78, 5) is 2.44. The van der Waals surface area contributed by atoms with Gasteiger partial charge in [-0.15, -0.1) is 0 Å². The third-order valence-corrected chi connectivity index (χ3v) is 17.3. The van der Waals surface area contributed by atoms with E-state index < -0.39 is 5.41 Å². The first-order valence-corrected chi connectivity index (χ1v) is 26.3. The molecule has 75 heavy (non-hydrogen) atoms. The van der Waals surface area contributed by atoms with Gasteiger partial charge in [-0.1, -0.05) is 202 Å². The number of allylic oxidation sites excluding steroid dienone is 4. The smallest absolute Gasteiger partial charge is 0.140 e. The first-order chi connectivity index (χ1) is 36.9. The van der Waals surface area contributed by atoms with Gasteiger partial charge in [-0.25, -0.2) is 0 Å². The molecule has 3 aliphatic carbocycles. The first-order valence-electron chi connectivity index (χ1n) is 26.3. The molecule has 0 amide bonds. The van der Waals surface area contributed by atoms with Crippen LogP contribution in [0.15, 0.2) is 253 Å². The van der Waals surface area contributed by atoms with Crippen LogP contribution in [0.3, 0.4) is 0 Å². The van der Waals surface area contributed by atoms with Gasteiger partial charge in [-0.2, -0.15) is 0 Å². The highest BCUT2D eigenvalue weighted by molar-refractivity contribution is 6.06. The van der Waals surface area contributed by atoms with Crippen molar-refractivity contribution in [3.63, 3.8) is 0 Å². The van der Waals surface area contributed by atoms with Gasteiger partial charge in [-0.3, -0.25) is 0 Å². The average Bonchev–Trinajstić information content (AvgIpc) is 4.08. The van der Waals surface area contributed by atoms with Crippen LogP contribution in [0.25, 0.3) is 71.3 Å². The summed E-state index contributed by atoms with van der Waals surface area (Å²) in [5.74, 6) is 2.02. The van der Waals surface area contributed by atoms with Crippen molar-refractivity contribution in [2.24, 2.45) is 0 Å². The molecule has 12 aromatic rings. The Morgan fingerprint density at radius 3 is 1.73 bits per heavy atom. The fraction of sp³-hybridized carbons (Fsp3) is 0.0833. The molecule has 0 saturated carbocycles. The highest BCUT2D eigenvalue weighted by Gasteiger charge is 2.54. The van der Waals surface area contributed by atoms with Crippen LogP contribution >= 0.6 is 0 Å². The van der Waals surface area contributed by atoms with E-state index in [-0.39, 0.29) is 11.3 Å². The molecule has 0 N–H and O–H groups in total. The fourth-order valence-corrected chi connectivity index (χ4v) is 13.8. The van der Waals surface area contributed by atoms with Crippen molar-refractivity contribution < 1.29 is 9.15 Å². The van der Waals surface area contributed by atoms with Crippen molar-refractivity contribution in [2.45, 2.75) is 37.0 Å². The molecule has 0 fully saturated rings. The maximum Gasteiger partial charge on any atom is 0.140 e. The maximum atomic E-state index is 7.26. The number of ether oxygens (including phenoxy) is 1. The van der Waals surface area contributed by atoms with Gasteiger partial charge in [0.2, 0.25) is 0 Å². The Bertz CT molecular complexity index is 4370. The Kier molecular flexibility index (Phi) is 8.84. The van der Waals surface area contributed by atoms with Crippen molar-refractivity contribution >= 4 is 66.1 Å². The molecule has 1 spiro atoms. The normalized spacial score (nSPS) is 16.2. The third kappa shape index (κ3) is 5.92. The van der Waals surface area contributed by atoms with Crippen LogP contribution in [0.4, 0.5) is 17.1 Å². The van der Waals surface area contributed by atoms with E-state index in [2.05, 4.69) is 249 Å². The molecule has 1 aliphatic heterocycles. The Labute approximate surface area is 435 Å². The number of benzene rings is 11. The van der Waals surface area contributed by atoms with Crippen molar-refractivity contribution in [1.82, 2.24) is 0 Å². The van der Waals surface area contributed by atoms with Gasteiger partial charge in [0, 0.05) is 61.1 Å². The summed E-state index contributed by atoms with van der Waals surface area (Å²) in [5, 5.41) is 6.88. The van der Waals surface area contributed by atoms with Crippen molar-refractivity contribution in [1.29, 1.82) is 0 Å². The molecule has 4 aliphatic rings. The van der Waals surface area contributed by atoms with E-state index >= 15 is 0 Å². The number of furan rings is 1. The molecule has 354 valence electrons. The number of para-hydroxylation sites is 1. The van der Waals surface area contributed by atoms with Gasteiger partial charge in [0.25, 0.3) is 0 Å². The summed E-state index contributed by atoms with van der Waals surface area (Å²) in [7, 11) is 0. The summed E-state index contributed by atoms with van der Waals surface area (Å²) in [6, 6.07) is 85.2. The molecular formula is C72H49NO2. The van der Waals surface area contributed by atoms with Crippen molar-refractivity contribution in [3.8, 4) is 33.8 Å². The van der Waals surface area contributed by atoms with Crippen molar-refractivity contribution in [2.75, 3.05) is 4.90 Å². The van der Waals surface area contributed by atoms with Crippen LogP contribution in [-0.2, 0) is 10.8 Å². The molecule has 1 unspecified atom stereocenters. The first kappa shape index (κ1) is 42.3. The van der Waals surface area contributed by atoms with Crippen LogP contribution in [-0.4, -0.2) is 0 Å². The zero-order valence-corrected chi connectivity index (χ0v) is 41.6. The topological polar surface area (TPSA) is 25.6 Å². The number of hydrogen-bond acceptors (Lipinski definition) is 3. The molecule has 0 saturated heterocycles. The van der Waals surface area contributed by atoms with Gasteiger partial charge in [0.05, 0.1) is 5.41 Å². The predicted molar refractivity (Wildman–Crippen MR) is 309 cm³/mol. The number of rotatable bonds is 5. The molecule has 3 nitrogen and oxygen atoms in total. The number of fused-ring (bicyclic) bond motifs is 18. The van der Waals surface area contributed by atoms with Gasteiger partial charge < -0.3 is 14.1 Å². The predicted octanol–water partition coefficient (Wildman–Crippen LogP) is 19.3. The van der Waals surface area contributed by atoms with Crippen molar-refractivity contribution in [3.05, 3.63) is 287 Å². The van der Waals surface area contributed by atoms with E-state index in [1.165, 1.54) is 72.0 Å². The second kappa shape index (κ2) is 15.7. The lowest BCUT2D eigenvalue weighted by Gasteiger charge is -2.41. The summed E-state index contributed by atoms with van der Waals surface area (Å²) in [5.41, 5.74) is 21.2. The Hall–Kier alpha value is -9.18. The molecule has 0 bridgehead atoms. The van der Waals surface area contributed by atoms with Gasteiger partial charge in [0.1, 0.15) is 22.7 Å². The molecule has 1 aromatic heterocycles. The molecule has 3 heteroatoms. The van der Waals surface area contributed by atoms with Gasteiger partial charge in [-0.05, 0) is 133 Å². The minimum atomic E-state index is -0.583. The summed E-state index contributed by atoms with van der Waals surface area (Å²) >= 11 is 0. The molecular weight excluding hydrogens is 911 g/mol. The summed E-state index contributed by atoms with van der Waals surface area (Å²) in [6.45, 7) is 4.73. The van der Waals surface area contributed by atoms with E-state index in [1.54, 1.807) is 0 Å². The largest absolute Gasteiger partial charge is 0.456 e. The van der Waals surface area contributed by atoms with E-state index in [4.69, 9.17) is 9.15 Å². The highest BCUT2D eigenvalue weighted by Crippen LogP contribution is 2.66. The van der Waals surface area contributed by atoms with E-state index in [1.807, 2.05) is 12.1 Å². The zero-order valence-electron chi connectivity index (χ0n) is 41.6. The molecule has 1 atom stereocenters. The standard InChI is InChI=1S/C72H49NO2/c1-71(2)60-22-10-7-18-55(60)56-38-37-51(43-65(56)71)73(49-33-26-44(27-34-49)48-32-41-67-59(42-48)57-19-9-12-25-66(57)74-67)50-35-28-47(29-36-50)52-21-13-24-62-68(52)58-20-8-11-23-61(58)72(62)63-39-30-45-14-3-5-16-53(45)69(63)75-70-54-17-6-4-15-46(54)31-40-64(70)72/h3-20,22-43,52H,21H2,1-2H3. The second-order valence-electron chi connectivity index (χ2n) is 21.4. The molecule has 2 heterocycles. The quantitative estimate of drug-likeness (QED) is 0.172. The molecule has 11 aromatic carbocycles. The zero-order chi connectivity index (χ0) is 49.6. The highest BCUT2D eigenvalue weighted by atomic mass is 16.5. The Morgan fingerprint density at radius 1 is 0.427 bits per heavy atom. The Morgan fingerprint density at radius 2 is 1.00 bits per heavy atom. The Balaban J connectivity index is 0.839. The van der Waals surface area contributed by atoms with Crippen LogP contribution in [0, 0.1) is 0 Å². The average molecular weight is 960 g/mol. The lowest BCUT2D eigenvalue weighted by Crippen LogP contribution is -2.33. The minimum absolute atomic E-state index is 0.131. The monoisotopic (exact) mass is 959 g/mol. The fourth-order valence-electron chi connectivity index (χ4n) is 13.8. The molecule has 16 rings (SSSR count). The van der Waals surface area contributed by atoms with E-state index in [0.717, 1.165) is 78.8 Å². The summed E-state index contributed by atoms with van der Waals surface area (Å²) in [6.07, 6.45) is 5.77. The maximum absolute atomic E-state index is 7.26. The number of hydrogen-bond donors (Lipinski definition) is 0. The molecule has 0 radical (unpaired) electrons. The lowest BCUT2D eigenvalue weighted by molar-refractivity contribution is 0.446. The van der Waals surface area contributed by atoms with E-state index in [9.17, 15) is 0 Å². The SMILES string of the molecule is CC1(C)c2ccccc2-c2ccc(N(c3ccc(-c4ccc5oc6ccccc6c5c4)cc3)c3ccc(C4CC=CC5=C4c4ccccc4C54c5ccc6ccccc6c5Oc5c4ccc4ccccc54)cc3)cc21. The third-order valence-electron chi connectivity index (χ3n) is 17.3. The summed E-state index contributed by atoms with van der Waals surface area (Å²) < 4.78 is 13.5. The van der Waals surface area contributed by atoms with Gasteiger partial charge >= 0.3 is 0 Å².